The summed E-state index contributed by atoms with van der Waals surface area (Å²) < 4.78 is 0. The van der Waals surface area contributed by atoms with Crippen LogP contribution in [0.4, 0.5) is 0 Å². The van der Waals surface area contributed by atoms with Gasteiger partial charge in [-0.3, -0.25) is 0 Å². The zero-order valence-electron chi connectivity index (χ0n) is 8.14. The van der Waals surface area contributed by atoms with Gasteiger partial charge in [-0.25, -0.2) is 0 Å². The van der Waals surface area contributed by atoms with Crippen molar-refractivity contribution in [2.45, 2.75) is 58.1 Å². The Morgan fingerprint density at radius 2 is 1.64 bits per heavy atom. The Labute approximate surface area is 77.2 Å². The van der Waals surface area contributed by atoms with Crippen LogP contribution in [0.15, 0.2) is 0 Å². The van der Waals surface area contributed by atoms with Crippen LogP contribution >= 0.6 is 12.6 Å². The van der Waals surface area contributed by atoms with Crippen molar-refractivity contribution in [1.82, 2.24) is 0 Å². The van der Waals surface area contributed by atoms with Crippen LogP contribution in [0.1, 0.15) is 52.9 Å². The number of rotatable bonds is 6. The second-order valence-corrected chi connectivity index (χ2v) is 4.34. The molecule has 0 N–H and O–H groups in total. The summed E-state index contributed by atoms with van der Waals surface area (Å²) >= 11 is 4.36. The van der Waals surface area contributed by atoms with Crippen molar-refractivity contribution in [3.05, 3.63) is 0 Å². The first-order chi connectivity index (χ1) is 5.20. The smallest absolute Gasteiger partial charge is 0.00116 e. The maximum atomic E-state index is 4.36. The van der Waals surface area contributed by atoms with E-state index in [1.54, 1.807) is 0 Å². The second-order valence-electron chi connectivity index (χ2n) is 3.46. The quantitative estimate of drug-likeness (QED) is 0.580. The lowest BCUT2D eigenvalue weighted by molar-refractivity contribution is 0.434. The van der Waals surface area contributed by atoms with Crippen LogP contribution < -0.4 is 0 Å². The highest BCUT2D eigenvalue weighted by molar-refractivity contribution is 7.80. The molecule has 0 aromatic heterocycles. The Morgan fingerprint density at radius 1 is 1.09 bits per heavy atom. The van der Waals surface area contributed by atoms with Gasteiger partial charge in [0.05, 0.1) is 0 Å². The molecule has 1 heteroatoms. The highest BCUT2D eigenvalue weighted by Gasteiger charge is 2.03. The lowest BCUT2D eigenvalue weighted by atomic mass is 9.96. The van der Waals surface area contributed by atoms with Crippen molar-refractivity contribution in [3.8, 4) is 0 Å². The topological polar surface area (TPSA) is 0 Å². The third kappa shape index (κ3) is 6.74. The van der Waals surface area contributed by atoms with Gasteiger partial charge >= 0.3 is 0 Å². The zero-order chi connectivity index (χ0) is 8.69. The average molecular weight is 174 g/mol. The van der Waals surface area contributed by atoms with Crippen molar-refractivity contribution >= 4 is 12.6 Å². The molecule has 0 saturated heterocycles. The third-order valence-corrected chi connectivity index (χ3v) is 2.65. The molecule has 0 spiro atoms. The molecule has 0 radical (unpaired) electrons. The van der Waals surface area contributed by atoms with Gasteiger partial charge in [-0.05, 0) is 17.6 Å². The van der Waals surface area contributed by atoms with Crippen LogP contribution in [-0.2, 0) is 0 Å². The maximum Gasteiger partial charge on any atom is -0.00116 e. The summed E-state index contributed by atoms with van der Waals surface area (Å²) in [4.78, 5) is 0. The predicted octanol–water partition coefficient (Wildman–Crippen LogP) is 3.91. The molecule has 0 bridgehead atoms. The van der Waals surface area contributed by atoms with Crippen molar-refractivity contribution in [2.75, 3.05) is 0 Å². The molecule has 0 aromatic rings. The van der Waals surface area contributed by atoms with Crippen molar-refractivity contribution in [2.24, 2.45) is 5.92 Å². The summed E-state index contributed by atoms with van der Waals surface area (Å²) in [5.74, 6) is 0.960. The molecular weight excluding hydrogens is 152 g/mol. The van der Waals surface area contributed by atoms with Gasteiger partial charge in [0.15, 0.2) is 0 Å². The first-order valence-electron chi connectivity index (χ1n) is 4.88. The van der Waals surface area contributed by atoms with E-state index in [1.807, 2.05) is 0 Å². The second kappa shape index (κ2) is 7.02. The third-order valence-electron chi connectivity index (χ3n) is 2.39. The molecule has 0 amide bonds. The van der Waals surface area contributed by atoms with Crippen LogP contribution in [0.5, 0.6) is 0 Å². The zero-order valence-corrected chi connectivity index (χ0v) is 9.03. The fourth-order valence-corrected chi connectivity index (χ4v) is 1.58. The minimum Gasteiger partial charge on any atom is -0.176 e. The summed E-state index contributed by atoms with van der Waals surface area (Å²) in [5.41, 5.74) is 0. The summed E-state index contributed by atoms with van der Waals surface area (Å²) in [6.07, 6.45) is 6.73. The molecule has 11 heavy (non-hydrogen) atoms. The number of hydrogen-bond donors (Lipinski definition) is 1. The molecule has 0 aliphatic carbocycles. The monoisotopic (exact) mass is 174 g/mol. The summed E-state index contributed by atoms with van der Waals surface area (Å²) in [6, 6.07) is 0. The number of hydrogen-bond acceptors (Lipinski definition) is 1. The molecule has 0 rings (SSSR count). The van der Waals surface area contributed by atoms with E-state index in [2.05, 4.69) is 33.4 Å². The molecule has 1 unspecified atom stereocenters. The van der Waals surface area contributed by atoms with E-state index in [0.717, 1.165) is 5.92 Å². The molecule has 0 saturated carbocycles. The van der Waals surface area contributed by atoms with Crippen molar-refractivity contribution in [1.29, 1.82) is 0 Å². The van der Waals surface area contributed by atoms with Gasteiger partial charge in [0, 0.05) is 0 Å². The maximum absolute atomic E-state index is 4.36. The predicted molar refractivity (Wildman–Crippen MR) is 56.4 cm³/mol. The highest BCUT2D eigenvalue weighted by atomic mass is 32.1. The van der Waals surface area contributed by atoms with Gasteiger partial charge in [-0.15, -0.1) is 0 Å². The average Bonchev–Trinajstić information content (AvgIpc) is 1.98. The lowest BCUT2D eigenvalue weighted by Crippen LogP contribution is -1.98. The summed E-state index contributed by atoms with van der Waals surface area (Å²) in [5, 5.41) is 0.587. The van der Waals surface area contributed by atoms with Crippen LogP contribution in [0.2, 0.25) is 0 Å². The van der Waals surface area contributed by atoms with E-state index in [4.69, 9.17) is 0 Å². The summed E-state index contributed by atoms with van der Waals surface area (Å²) in [7, 11) is 0. The van der Waals surface area contributed by atoms with Crippen LogP contribution in [-0.4, -0.2) is 5.25 Å². The van der Waals surface area contributed by atoms with Gasteiger partial charge in [0.2, 0.25) is 0 Å². The van der Waals surface area contributed by atoms with E-state index in [1.165, 1.54) is 32.1 Å². The van der Waals surface area contributed by atoms with Gasteiger partial charge in [-0.1, -0.05) is 46.5 Å². The minimum atomic E-state index is 0.587. The Hall–Kier alpha value is 0.350. The van der Waals surface area contributed by atoms with Crippen molar-refractivity contribution < 1.29 is 0 Å². The van der Waals surface area contributed by atoms with E-state index in [0.29, 0.717) is 5.25 Å². The Balaban J connectivity index is 3.21. The highest BCUT2D eigenvalue weighted by Crippen LogP contribution is 2.17. The normalized spacial score (nSPS) is 13.9. The van der Waals surface area contributed by atoms with Gasteiger partial charge < -0.3 is 0 Å². The molecular formula is C10H22S. The summed E-state index contributed by atoms with van der Waals surface area (Å²) in [6.45, 7) is 6.76. The fourth-order valence-electron chi connectivity index (χ4n) is 1.40. The molecule has 0 heterocycles. The molecule has 68 valence electrons. The molecule has 1 atom stereocenters. The Kier molecular flexibility index (Phi) is 7.25. The van der Waals surface area contributed by atoms with Gasteiger partial charge in [0.1, 0.15) is 0 Å². The van der Waals surface area contributed by atoms with Crippen LogP contribution in [0.25, 0.3) is 0 Å². The van der Waals surface area contributed by atoms with E-state index in [-0.39, 0.29) is 0 Å². The van der Waals surface area contributed by atoms with Gasteiger partial charge in [-0.2, -0.15) is 12.6 Å². The molecule has 0 aromatic carbocycles. The molecule has 0 aliphatic rings. The molecule has 0 fully saturated rings. The standard InChI is InChI=1S/C10H22S/c1-4-10(5-2)8-6-7-9(3)11/h9-11H,4-8H2,1-3H3. The van der Waals surface area contributed by atoms with E-state index < -0.39 is 0 Å². The van der Waals surface area contributed by atoms with Crippen molar-refractivity contribution in [3.63, 3.8) is 0 Å². The SMILES string of the molecule is CCC(CC)CCCC(C)S. The van der Waals surface area contributed by atoms with Gasteiger partial charge in [0.25, 0.3) is 0 Å². The van der Waals surface area contributed by atoms with Crippen LogP contribution in [0, 0.1) is 5.92 Å². The van der Waals surface area contributed by atoms with E-state index >= 15 is 0 Å². The van der Waals surface area contributed by atoms with Crippen LogP contribution in [0.3, 0.4) is 0 Å². The first-order valence-corrected chi connectivity index (χ1v) is 5.40. The Morgan fingerprint density at radius 3 is 2.00 bits per heavy atom. The minimum absolute atomic E-state index is 0.587. The first kappa shape index (κ1) is 11.4. The van der Waals surface area contributed by atoms with E-state index in [9.17, 15) is 0 Å². The Bertz CT molecular complexity index is 74.9. The molecule has 0 aliphatic heterocycles. The molecule has 0 nitrogen and oxygen atoms in total. The fraction of sp³-hybridized carbons (Fsp3) is 1.00. The lowest BCUT2D eigenvalue weighted by Gasteiger charge is -2.12. The number of thiol groups is 1. The largest absolute Gasteiger partial charge is 0.176 e.